The number of anilines is 1. The van der Waals surface area contributed by atoms with Crippen LogP contribution in [0.25, 0.3) is 0 Å². The van der Waals surface area contributed by atoms with E-state index in [2.05, 4.69) is 17.6 Å². The first kappa shape index (κ1) is 22.6. The second kappa shape index (κ2) is 10.3. The Morgan fingerprint density at radius 2 is 1.87 bits per heavy atom. The van der Waals surface area contributed by atoms with Crippen LogP contribution in [0.1, 0.15) is 48.2 Å². The van der Waals surface area contributed by atoms with Crippen molar-refractivity contribution in [2.45, 2.75) is 45.7 Å². The van der Waals surface area contributed by atoms with E-state index >= 15 is 0 Å². The summed E-state index contributed by atoms with van der Waals surface area (Å²) < 4.78 is 5.18. The lowest BCUT2D eigenvalue weighted by molar-refractivity contribution is -0.114. The van der Waals surface area contributed by atoms with Crippen LogP contribution >= 0.6 is 0 Å². The number of likely N-dealkylation sites (tertiary alicyclic amines) is 1. The third kappa shape index (κ3) is 6.21. The van der Waals surface area contributed by atoms with Crippen molar-refractivity contribution >= 4 is 17.5 Å². The van der Waals surface area contributed by atoms with E-state index in [4.69, 9.17) is 4.74 Å². The Balaban J connectivity index is 1.69. The highest BCUT2D eigenvalue weighted by Gasteiger charge is 2.20. The van der Waals surface area contributed by atoms with Crippen molar-refractivity contribution in [1.29, 1.82) is 0 Å². The first-order valence-corrected chi connectivity index (χ1v) is 10.7. The minimum atomic E-state index is -0.167. The summed E-state index contributed by atoms with van der Waals surface area (Å²) in [5.41, 5.74) is 3.21. The van der Waals surface area contributed by atoms with Gasteiger partial charge in [0.2, 0.25) is 5.91 Å². The molecule has 1 aliphatic heterocycles. The molecule has 0 spiro atoms. The third-order valence-corrected chi connectivity index (χ3v) is 5.39. The fraction of sp³-hybridized carbons (Fsp3) is 0.417. The van der Waals surface area contributed by atoms with E-state index in [1.165, 1.54) is 14.0 Å². The molecule has 1 heterocycles. The lowest BCUT2D eigenvalue weighted by Crippen LogP contribution is -2.29. The maximum Gasteiger partial charge on any atom is 0.253 e. The van der Waals surface area contributed by atoms with Gasteiger partial charge in [0.05, 0.1) is 7.11 Å². The quantitative estimate of drug-likeness (QED) is 0.604. The Hall–Kier alpha value is -3.06. The van der Waals surface area contributed by atoms with Crippen LogP contribution in [0.5, 0.6) is 11.5 Å². The highest BCUT2D eigenvalue weighted by molar-refractivity contribution is 5.97. The van der Waals surface area contributed by atoms with Gasteiger partial charge in [0.15, 0.2) is 11.5 Å². The number of nitrogens with zero attached hydrogens (tertiary/aromatic N) is 1. The van der Waals surface area contributed by atoms with E-state index in [0.717, 1.165) is 43.5 Å². The van der Waals surface area contributed by atoms with Crippen molar-refractivity contribution in [1.82, 2.24) is 10.2 Å². The summed E-state index contributed by atoms with van der Waals surface area (Å²) in [4.78, 5) is 26.3. The van der Waals surface area contributed by atoms with E-state index in [-0.39, 0.29) is 23.6 Å². The van der Waals surface area contributed by atoms with Gasteiger partial charge in [-0.3, -0.25) is 9.59 Å². The van der Waals surface area contributed by atoms with E-state index in [0.29, 0.717) is 23.5 Å². The van der Waals surface area contributed by atoms with Crippen LogP contribution in [0, 0.1) is 0 Å². The average Bonchev–Trinajstić information content (AvgIpc) is 3.27. The second-order valence-electron chi connectivity index (χ2n) is 8.09. The number of phenols is 1. The standard InChI is InChI=1S/C24H31N3O4/c1-16(10-18-6-7-22(29)23(13-18)31-3)25-15-19-11-20(14-21(12-19)26-17(2)28)24(30)27-8-4-5-9-27/h6-7,11-14,16,25,29H,4-5,8-10,15H2,1-3H3,(H,26,28)/t16-/m1/s1. The molecule has 3 rings (SSSR count). The van der Waals surface area contributed by atoms with Crippen LogP contribution in [0.2, 0.25) is 0 Å². The molecule has 1 atom stereocenters. The Kier molecular flexibility index (Phi) is 7.52. The molecule has 0 bridgehead atoms. The van der Waals surface area contributed by atoms with E-state index < -0.39 is 0 Å². The van der Waals surface area contributed by atoms with Gasteiger partial charge >= 0.3 is 0 Å². The van der Waals surface area contributed by atoms with Gasteiger partial charge in [-0.2, -0.15) is 0 Å². The number of carbonyl (C=O) groups is 2. The number of carbonyl (C=O) groups excluding carboxylic acids is 2. The fourth-order valence-corrected chi connectivity index (χ4v) is 3.86. The van der Waals surface area contributed by atoms with Crippen LogP contribution in [0.3, 0.4) is 0 Å². The SMILES string of the molecule is COc1cc(C[C@@H](C)NCc2cc(NC(C)=O)cc(C(=O)N3CCCC3)c2)ccc1O. The number of rotatable bonds is 8. The summed E-state index contributed by atoms with van der Waals surface area (Å²) >= 11 is 0. The van der Waals surface area contributed by atoms with Gasteiger partial charge in [-0.25, -0.2) is 0 Å². The van der Waals surface area contributed by atoms with Crippen LogP contribution in [0.15, 0.2) is 36.4 Å². The van der Waals surface area contributed by atoms with Crippen LogP contribution in [-0.4, -0.2) is 48.1 Å². The van der Waals surface area contributed by atoms with Crippen molar-refractivity contribution in [3.63, 3.8) is 0 Å². The predicted octanol–water partition coefficient (Wildman–Crippen LogP) is 3.32. The summed E-state index contributed by atoms with van der Waals surface area (Å²) in [5.74, 6) is 0.420. The molecule has 2 aromatic rings. The number of hydrogen-bond donors (Lipinski definition) is 3. The fourth-order valence-electron chi connectivity index (χ4n) is 3.86. The first-order chi connectivity index (χ1) is 14.9. The summed E-state index contributed by atoms with van der Waals surface area (Å²) in [7, 11) is 1.53. The van der Waals surface area contributed by atoms with Crippen molar-refractivity contribution in [2.75, 3.05) is 25.5 Å². The molecule has 0 unspecified atom stereocenters. The number of benzene rings is 2. The van der Waals surface area contributed by atoms with Crippen molar-refractivity contribution in [3.8, 4) is 11.5 Å². The molecule has 1 fully saturated rings. The molecular weight excluding hydrogens is 394 g/mol. The van der Waals surface area contributed by atoms with Gasteiger partial charge in [0.25, 0.3) is 5.91 Å². The number of ether oxygens (including phenoxy) is 1. The van der Waals surface area contributed by atoms with E-state index in [1.54, 1.807) is 12.1 Å². The highest BCUT2D eigenvalue weighted by atomic mass is 16.5. The zero-order valence-electron chi connectivity index (χ0n) is 18.4. The summed E-state index contributed by atoms with van der Waals surface area (Å²) in [6.45, 7) is 5.66. The number of amides is 2. The third-order valence-electron chi connectivity index (χ3n) is 5.39. The molecule has 7 nitrogen and oxygen atoms in total. The molecule has 3 N–H and O–H groups in total. The van der Waals surface area contributed by atoms with Crippen molar-refractivity contribution < 1.29 is 19.4 Å². The predicted molar refractivity (Wildman–Crippen MR) is 121 cm³/mol. The highest BCUT2D eigenvalue weighted by Crippen LogP contribution is 2.27. The number of phenolic OH excluding ortho intramolecular Hbond substituents is 1. The van der Waals surface area contributed by atoms with Crippen LogP contribution in [-0.2, 0) is 17.8 Å². The molecule has 2 amide bonds. The van der Waals surface area contributed by atoms with Gasteiger partial charge in [-0.15, -0.1) is 0 Å². The molecule has 166 valence electrons. The van der Waals surface area contributed by atoms with Gasteiger partial charge in [0.1, 0.15) is 0 Å². The molecule has 0 aromatic heterocycles. The molecule has 0 radical (unpaired) electrons. The van der Waals surface area contributed by atoms with Gasteiger partial charge in [0, 0.05) is 43.9 Å². The Labute approximate surface area is 183 Å². The number of methoxy groups -OCH3 is 1. The zero-order chi connectivity index (χ0) is 22.4. The van der Waals surface area contributed by atoms with Crippen LogP contribution in [0.4, 0.5) is 5.69 Å². The van der Waals surface area contributed by atoms with E-state index in [1.807, 2.05) is 29.2 Å². The monoisotopic (exact) mass is 425 g/mol. The average molecular weight is 426 g/mol. The Bertz CT molecular complexity index is 938. The molecule has 2 aromatic carbocycles. The molecule has 7 heteroatoms. The maximum absolute atomic E-state index is 12.9. The summed E-state index contributed by atoms with van der Waals surface area (Å²) in [6.07, 6.45) is 2.82. The molecular formula is C24H31N3O4. The van der Waals surface area contributed by atoms with Gasteiger partial charge < -0.3 is 25.4 Å². The second-order valence-corrected chi connectivity index (χ2v) is 8.09. The van der Waals surface area contributed by atoms with Crippen molar-refractivity contribution in [2.24, 2.45) is 0 Å². The zero-order valence-corrected chi connectivity index (χ0v) is 18.4. The Morgan fingerprint density at radius 1 is 1.13 bits per heavy atom. The largest absolute Gasteiger partial charge is 0.504 e. The maximum atomic E-state index is 12.9. The van der Waals surface area contributed by atoms with E-state index in [9.17, 15) is 14.7 Å². The minimum absolute atomic E-state index is 0.00943. The lowest BCUT2D eigenvalue weighted by atomic mass is 10.0. The number of hydrogen-bond acceptors (Lipinski definition) is 5. The van der Waals surface area contributed by atoms with Gasteiger partial charge in [-0.1, -0.05) is 6.07 Å². The molecule has 0 saturated carbocycles. The number of nitrogens with one attached hydrogen (secondary N) is 2. The summed E-state index contributed by atoms with van der Waals surface area (Å²) in [5, 5.41) is 16.0. The molecule has 1 saturated heterocycles. The topological polar surface area (TPSA) is 90.9 Å². The lowest BCUT2D eigenvalue weighted by Gasteiger charge is -2.18. The van der Waals surface area contributed by atoms with Crippen LogP contribution < -0.4 is 15.4 Å². The number of aromatic hydroxyl groups is 1. The molecule has 0 aliphatic carbocycles. The van der Waals surface area contributed by atoms with Gasteiger partial charge in [-0.05, 0) is 67.6 Å². The smallest absolute Gasteiger partial charge is 0.253 e. The molecule has 31 heavy (non-hydrogen) atoms. The normalized spacial score (nSPS) is 14.4. The minimum Gasteiger partial charge on any atom is -0.504 e. The molecule has 1 aliphatic rings. The first-order valence-electron chi connectivity index (χ1n) is 10.7. The Morgan fingerprint density at radius 3 is 2.55 bits per heavy atom. The summed E-state index contributed by atoms with van der Waals surface area (Å²) in [6, 6.07) is 11.0. The van der Waals surface area contributed by atoms with Crippen molar-refractivity contribution in [3.05, 3.63) is 53.1 Å².